The average Bonchev–Trinajstić information content (AvgIpc) is 3.34. The van der Waals surface area contributed by atoms with Gasteiger partial charge in [0, 0.05) is 43.5 Å². The molecule has 3 aliphatic rings. The van der Waals surface area contributed by atoms with Gasteiger partial charge < -0.3 is 24.4 Å². The number of hydrogen-bond donors (Lipinski definition) is 1. The van der Waals surface area contributed by atoms with Crippen molar-refractivity contribution in [2.45, 2.75) is 58.1 Å². The number of rotatable bonds is 7. The summed E-state index contributed by atoms with van der Waals surface area (Å²) < 4.78 is 17.9. The zero-order chi connectivity index (χ0) is 24.2. The Balaban J connectivity index is 1.28. The number of aliphatic imine (C=N–C) groups is 2. The van der Waals surface area contributed by atoms with E-state index in [9.17, 15) is 0 Å². The molecule has 0 bridgehead atoms. The van der Waals surface area contributed by atoms with Gasteiger partial charge in [0.05, 0.1) is 37.3 Å². The number of aromatic nitrogens is 2. The minimum atomic E-state index is 0.112. The van der Waals surface area contributed by atoms with Crippen LogP contribution in [0.25, 0.3) is 0 Å². The maximum Gasteiger partial charge on any atom is 0.183 e. The summed E-state index contributed by atoms with van der Waals surface area (Å²) in [6.45, 7) is 11.5. The molecule has 0 radical (unpaired) electrons. The van der Waals surface area contributed by atoms with Gasteiger partial charge in [0.15, 0.2) is 11.6 Å². The van der Waals surface area contributed by atoms with Gasteiger partial charge in [-0.15, -0.1) is 0 Å². The van der Waals surface area contributed by atoms with Gasteiger partial charge in [-0.2, -0.15) is 0 Å². The smallest absolute Gasteiger partial charge is 0.183 e. The molecular formula is C26H34N6O3. The van der Waals surface area contributed by atoms with Gasteiger partial charge in [-0.1, -0.05) is 0 Å². The number of benzene rings is 1. The highest BCUT2D eigenvalue weighted by molar-refractivity contribution is 5.80. The molecule has 9 heteroatoms. The Kier molecular flexibility index (Phi) is 7.13. The topological polar surface area (TPSA) is 93.5 Å². The van der Waals surface area contributed by atoms with Crippen molar-refractivity contribution in [3.8, 4) is 11.5 Å². The fraction of sp³-hybridized carbons (Fsp3) is 0.538. The first-order valence-electron chi connectivity index (χ1n) is 12.5. The van der Waals surface area contributed by atoms with E-state index in [4.69, 9.17) is 14.2 Å². The zero-order valence-electron chi connectivity index (χ0n) is 20.6. The quantitative estimate of drug-likeness (QED) is 0.589. The molecule has 0 unspecified atom stereocenters. The molecule has 1 aromatic heterocycles. The van der Waals surface area contributed by atoms with Gasteiger partial charge in [0.25, 0.3) is 0 Å². The first kappa shape index (κ1) is 23.5. The molecule has 3 heterocycles. The third-order valence-electron chi connectivity index (χ3n) is 6.78. The van der Waals surface area contributed by atoms with Gasteiger partial charge in [-0.3, -0.25) is 9.98 Å². The molecule has 9 nitrogen and oxygen atoms in total. The van der Waals surface area contributed by atoms with Gasteiger partial charge in [0.2, 0.25) is 0 Å². The van der Waals surface area contributed by atoms with E-state index in [2.05, 4.69) is 49.0 Å². The zero-order valence-corrected chi connectivity index (χ0v) is 20.6. The van der Waals surface area contributed by atoms with Crippen LogP contribution in [0.1, 0.15) is 44.1 Å². The number of fused-ring (bicyclic) bond motifs is 1. The molecule has 0 atom stereocenters. The Bertz CT molecular complexity index is 1090. The molecule has 2 aromatic rings. The second-order valence-corrected chi connectivity index (χ2v) is 9.19. The first-order chi connectivity index (χ1) is 17.1. The highest BCUT2D eigenvalue weighted by Gasteiger charge is 2.27. The molecule has 1 aliphatic carbocycles. The second-order valence-electron chi connectivity index (χ2n) is 9.19. The second kappa shape index (κ2) is 10.6. The third-order valence-corrected chi connectivity index (χ3v) is 6.78. The van der Waals surface area contributed by atoms with Crippen molar-refractivity contribution in [3.05, 3.63) is 23.7 Å². The van der Waals surface area contributed by atoms with Gasteiger partial charge >= 0.3 is 0 Å². The number of anilines is 2. The number of hydrogen-bond acceptors (Lipinski definition) is 9. The first-order valence-corrected chi connectivity index (χ1v) is 12.5. The van der Waals surface area contributed by atoms with Crippen molar-refractivity contribution in [3.63, 3.8) is 0 Å². The maximum absolute atomic E-state index is 6.54. The monoisotopic (exact) mass is 478 g/mol. The molecule has 0 amide bonds. The van der Waals surface area contributed by atoms with Crippen LogP contribution in [0.3, 0.4) is 0 Å². The summed E-state index contributed by atoms with van der Waals surface area (Å²) in [4.78, 5) is 20.3. The van der Waals surface area contributed by atoms with Crippen LogP contribution in [0.4, 0.5) is 22.9 Å². The summed E-state index contributed by atoms with van der Waals surface area (Å²) >= 11 is 0. The number of aryl methyl sites for hydroxylation is 1. The maximum atomic E-state index is 6.54. The minimum Gasteiger partial charge on any atom is -0.488 e. The van der Waals surface area contributed by atoms with Crippen LogP contribution in [0, 0.1) is 6.92 Å². The van der Waals surface area contributed by atoms with E-state index in [1.54, 1.807) is 6.21 Å². The lowest BCUT2D eigenvalue weighted by Crippen LogP contribution is -2.36. The van der Waals surface area contributed by atoms with Crippen LogP contribution in [0.2, 0.25) is 0 Å². The predicted octanol–water partition coefficient (Wildman–Crippen LogP) is 4.41. The molecule has 35 heavy (non-hydrogen) atoms. The summed E-state index contributed by atoms with van der Waals surface area (Å²) in [7, 11) is 0. The molecule has 1 N–H and O–H groups in total. The number of morpholine rings is 1. The number of nitrogens with zero attached hydrogens (tertiary/aromatic N) is 5. The highest BCUT2D eigenvalue weighted by Crippen LogP contribution is 2.43. The Morgan fingerprint density at radius 1 is 1.14 bits per heavy atom. The molecule has 2 fully saturated rings. The van der Waals surface area contributed by atoms with Crippen LogP contribution in [0.5, 0.6) is 11.5 Å². The largest absolute Gasteiger partial charge is 0.488 e. The van der Waals surface area contributed by atoms with Crippen molar-refractivity contribution < 1.29 is 14.2 Å². The lowest BCUT2D eigenvalue weighted by molar-refractivity contribution is 0.122. The fourth-order valence-electron chi connectivity index (χ4n) is 5.06. The van der Waals surface area contributed by atoms with Crippen molar-refractivity contribution in [2.75, 3.05) is 43.1 Å². The lowest BCUT2D eigenvalue weighted by Gasteiger charge is -2.32. The Morgan fingerprint density at radius 2 is 1.94 bits per heavy atom. The van der Waals surface area contributed by atoms with E-state index in [-0.39, 0.29) is 6.10 Å². The normalized spacial score (nSPS) is 22.1. The summed E-state index contributed by atoms with van der Waals surface area (Å²) in [5.74, 6) is 3.18. The summed E-state index contributed by atoms with van der Waals surface area (Å²) in [6, 6.07) is 4.47. The average molecular weight is 479 g/mol. The SMILES string of the molecule is C=Nc1c(/N=C\C)cc(N2CCOCC2)cc1O[C@H]1CC[C@@H](Nc2nc(C)nc3c2OCC3)CC1. The van der Waals surface area contributed by atoms with E-state index in [0.29, 0.717) is 18.3 Å². The van der Waals surface area contributed by atoms with E-state index in [1.165, 1.54) is 0 Å². The van der Waals surface area contributed by atoms with Crippen molar-refractivity contribution >= 4 is 35.8 Å². The molecular weight excluding hydrogens is 444 g/mol. The molecule has 5 rings (SSSR count). The minimum absolute atomic E-state index is 0.112. The molecule has 1 aromatic carbocycles. The van der Waals surface area contributed by atoms with Crippen molar-refractivity contribution in [1.82, 2.24) is 9.97 Å². The van der Waals surface area contributed by atoms with E-state index in [1.807, 2.05) is 13.8 Å². The van der Waals surface area contributed by atoms with E-state index >= 15 is 0 Å². The Hall–Kier alpha value is -3.20. The van der Waals surface area contributed by atoms with E-state index in [0.717, 1.165) is 98.6 Å². The molecule has 0 spiro atoms. The predicted molar refractivity (Wildman–Crippen MR) is 139 cm³/mol. The molecule has 1 saturated carbocycles. The lowest BCUT2D eigenvalue weighted by atomic mass is 9.93. The third kappa shape index (κ3) is 5.24. The molecule has 1 saturated heterocycles. The standard InChI is InChI=1S/C26H34N6O3/c1-4-28-22-15-19(32-10-13-33-14-11-32)16-23(24(22)27-3)35-20-7-5-18(6-8-20)31-26-25-21(9-12-34-25)29-17(2)30-26/h4,15-16,18,20H,3,5-14H2,1-2H3,(H,29,30,31)/b28-4-/t18-,20+. The summed E-state index contributed by atoms with van der Waals surface area (Å²) in [5.41, 5.74) is 3.57. The van der Waals surface area contributed by atoms with Gasteiger partial charge in [0.1, 0.15) is 17.3 Å². The van der Waals surface area contributed by atoms with Crippen LogP contribution in [-0.2, 0) is 11.2 Å². The summed E-state index contributed by atoms with van der Waals surface area (Å²) in [6.07, 6.45) is 6.60. The summed E-state index contributed by atoms with van der Waals surface area (Å²) in [5, 5.41) is 3.61. The molecule has 2 aliphatic heterocycles. The molecule has 186 valence electrons. The van der Waals surface area contributed by atoms with E-state index < -0.39 is 0 Å². The number of ether oxygens (including phenoxy) is 3. The van der Waals surface area contributed by atoms with Gasteiger partial charge in [-0.25, -0.2) is 9.97 Å². The number of nitrogens with one attached hydrogen (secondary N) is 1. The highest BCUT2D eigenvalue weighted by atomic mass is 16.5. The van der Waals surface area contributed by atoms with Gasteiger partial charge in [-0.05, 0) is 52.3 Å². The van der Waals surface area contributed by atoms with Crippen molar-refractivity contribution in [2.24, 2.45) is 9.98 Å². The van der Waals surface area contributed by atoms with Crippen LogP contribution in [-0.4, -0.2) is 68.0 Å². The Labute approximate surface area is 206 Å². The van der Waals surface area contributed by atoms with Crippen LogP contribution in [0.15, 0.2) is 22.1 Å². The van der Waals surface area contributed by atoms with Crippen LogP contribution < -0.4 is 19.7 Å². The Morgan fingerprint density at radius 3 is 2.69 bits per heavy atom. The fourth-order valence-corrected chi connectivity index (χ4v) is 5.06. The van der Waals surface area contributed by atoms with Crippen LogP contribution >= 0.6 is 0 Å². The van der Waals surface area contributed by atoms with Crippen molar-refractivity contribution in [1.29, 1.82) is 0 Å².